The number of furan rings is 1. The van der Waals surface area contributed by atoms with Crippen molar-refractivity contribution in [2.45, 2.75) is 20.4 Å². The van der Waals surface area contributed by atoms with Crippen molar-refractivity contribution in [3.8, 4) is 0 Å². The van der Waals surface area contributed by atoms with Crippen LogP contribution in [0, 0.1) is 13.8 Å². The van der Waals surface area contributed by atoms with E-state index in [1.54, 1.807) is 25.1 Å². The zero-order chi connectivity index (χ0) is 17.4. The van der Waals surface area contributed by atoms with Gasteiger partial charge in [-0.2, -0.15) is 0 Å². The maximum Gasteiger partial charge on any atom is 0.335 e. The van der Waals surface area contributed by atoms with Gasteiger partial charge in [0.2, 0.25) is 0 Å². The summed E-state index contributed by atoms with van der Waals surface area (Å²) in [5.74, 6) is -1.94. The molecule has 0 bridgehead atoms. The predicted molar refractivity (Wildman–Crippen MR) is 84.5 cm³/mol. The molecule has 2 aromatic rings. The quantitative estimate of drug-likeness (QED) is 0.470. The molecule has 1 fully saturated rings. The smallest absolute Gasteiger partial charge is 0.335 e. The summed E-state index contributed by atoms with van der Waals surface area (Å²) in [6, 6.07) is 4.12. The van der Waals surface area contributed by atoms with Crippen molar-refractivity contribution in [2.75, 3.05) is 6.54 Å². The van der Waals surface area contributed by atoms with Crippen molar-refractivity contribution < 1.29 is 23.6 Å². The molecule has 4 amide bonds. The zero-order valence-electron chi connectivity index (χ0n) is 13.1. The summed E-state index contributed by atoms with van der Waals surface area (Å²) in [7, 11) is 0. The summed E-state index contributed by atoms with van der Waals surface area (Å²) in [6.45, 7) is 3.08. The Hall–Kier alpha value is -2.74. The van der Waals surface area contributed by atoms with Crippen molar-refractivity contribution in [3.63, 3.8) is 0 Å². The summed E-state index contributed by atoms with van der Waals surface area (Å²) in [5.41, 5.74) is 0.468. The van der Waals surface area contributed by atoms with Gasteiger partial charge in [0, 0.05) is 15.3 Å². The summed E-state index contributed by atoms with van der Waals surface area (Å²) in [4.78, 5) is 52.0. The summed E-state index contributed by atoms with van der Waals surface area (Å²) in [6.07, 6.45) is 1.41. The Balaban J connectivity index is 1.77. The van der Waals surface area contributed by atoms with E-state index in [9.17, 15) is 19.2 Å². The standard InChI is InChI=1S/C16H14N2O5S/c1-9-6-12(10(2)24-9)13(19)8-18-15(21)14(20)17(16(18)22)7-11-4-3-5-23-11/h3-6H,7-8H2,1-2H3. The van der Waals surface area contributed by atoms with Crippen molar-refractivity contribution in [1.82, 2.24) is 9.80 Å². The molecule has 0 aliphatic carbocycles. The third kappa shape index (κ3) is 2.76. The number of hydrogen-bond acceptors (Lipinski definition) is 6. The molecule has 0 spiro atoms. The van der Waals surface area contributed by atoms with Crippen molar-refractivity contribution >= 4 is 35.0 Å². The Bertz CT molecular complexity index is 837. The number of imide groups is 2. The molecule has 3 heterocycles. The lowest BCUT2D eigenvalue weighted by molar-refractivity contribution is -0.143. The molecule has 0 aromatic carbocycles. The molecule has 1 saturated heterocycles. The normalized spacial score (nSPS) is 14.8. The lowest BCUT2D eigenvalue weighted by Crippen LogP contribution is -2.36. The highest BCUT2D eigenvalue weighted by atomic mass is 32.1. The SMILES string of the molecule is Cc1cc(C(=O)CN2C(=O)C(=O)N(Cc3ccco3)C2=O)c(C)s1. The fourth-order valence-corrected chi connectivity index (χ4v) is 3.47. The first kappa shape index (κ1) is 16.1. The Morgan fingerprint density at radius 3 is 2.46 bits per heavy atom. The van der Waals surface area contributed by atoms with Gasteiger partial charge in [-0.15, -0.1) is 11.3 Å². The van der Waals surface area contributed by atoms with Crippen LogP contribution in [0.4, 0.5) is 4.79 Å². The number of carbonyl (C=O) groups excluding carboxylic acids is 4. The van der Waals surface area contributed by atoms with Crippen molar-refractivity contribution in [3.05, 3.63) is 45.5 Å². The molecule has 24 heavy (non-hydrogen) atoms. The Morgan fingerprint density at radius 2 is 1.88 bits per heavy atom. The van der Waals surface area contributed by atoms with Gasteiger partial charge in [0.05, 0.1) is 19.4 Å². The molecule has 8 heteroatoms. The largest absolute Gasteiger partial charge is 0.467 e. The van der Waals surface area contributed by atoms with Crippen LogP contribution >= 0.6 is 11.3 Å². The number of thiophene rings is 1. The maximum atomic E-state index is 12.4. The first-order chi connectivity index (χ1) is 11.4. The average Bonchev–Trinajstić information content (AvgIpc) is 3.21. The number of urea groups is 1. The Labute approximate surface area is 141 Å². The Kier molecular flexibility index (Phi) is 4.06. The third-order valence-corrected chi connectivity index (χ3v) is 4.64. The van der Waals surface area contributed by atoms with E-state index in [1.165, 1.54) is 17.6 Å². The van der Waals surface area contributed by atoms with Crippen LogP contribution in [0.15, 0.2) is 28.9 Å². The van der Waals surface area contributed by atoms with E-state index in [-0.39, 0.29) is 12.3 Å². The second-order valence-electron chi connectivity index (χ2n) is 5.39. The molecule has 0 saturated carbocycles. The van der Waals surface area contributed by atoms with Gasteiger partial charge in [-0.25, -0.2) is 14.6 Å². The first-order valence-electron chi connectivity index (χ1n) is 7.18. The number of rotatable bonds is 5. The van der Waals surface area contributed by atoms with Gasteiger partial charge in [0.15, 0.2) is 5.78 Å². The molecule has 1 aliphatic heterocycles. The second kappa shape index (κ2) is 6.04. The third-order valence-electron chi connectivity index (χ3n) is 3.67. The van der Waals surface area contributed by atoms with Gasteiger partial charge in [-0.05, 0) is 32.0 Å². The highest BCUT2D eigenvalue weighted by Gasteiger charge is 2.45. The van der Waals surface area contributed by atoms with Gasteiger partial charge < -0.3 is 4.42 Å². The molecule has 0 atom stereocenters. The number of carbonyl (C=O) groups is 4. The van der Waals surface area contributed by atoms with E-state index in [4.69, 9.17) is 4.42 Å². The minimum Gasteiger partial charge on any atom is -0.467 e. The van der Waals surface area contributed by atoms with Gasteiger partial charge >= 0.3 is 17.8 Å². The van der Waals surface area contributed by atoms with Crippen LogP contribution in [0.1, 0.15) is 25.9 Å². The molecular weight excluding hydrogens is 332 g/mol. The van der Waals surface area contributed by atoms with Crippen LogP contribution < -0.4 is 0 Å². The number of ketones is 1. The van der Waals surface area contributed by atoms with Crippen LogP contribution in [0.3, 0.4) is 0 Å². The first-order valence-corrected chi connectivity index (χ1v) is 8.00. The Morgan fingerprint density at radius 1 is 1.17 bits per heavy atom. The molecule has 0 N–H and O–H groups in total. The fraction of sp³-hybridized carbons (Fsp3) is 0.250. The molecule has 7 nitrogen and oxygen atoms in total. The summed E-state index contributed by atoms with van der Waals surface area (Å²) < 4.78 is 5.09. The maximum absolute atomic E-state index is 12.4. The fourth-order valence-electron chi connectivity index (χ4n) is 2.52. The van der Waals surface area contributed by atoms with Crippen LogP contribution in [-0.2, 0) is 16.1 Å². The van der Waals surface area contributed by atoms with Crippen molar-refractivity contribution in [1.29, 1.82) is 0 Å². The van der Waals surface area contributed by atoms with E-state index in [2.05, 4.69) is 0 Å². The van der Waals surface area contributed by atoms with E-state index >= 15 is 0 Å². The average molecular weight is 346 g/mol. The minimum absolute atomic E-state index is 0.141. The van der Waals surface area contributed by atoms with Crippen LogP contribution in [0.5, 0.6) is 0 Å². The van der Waals surface area contributed by atoms with E-state index < -0.39 is 24.4 Å². The molecule has 1 aliphatic rings. The van der Waals surface area contributed by atoms with Crippen LogP contribution in [-0.4, -0.2) is 40.0 Å². The number of hydrogen-bond donors (Lipinski definition) is 0. The monoisotopic (exact) mass is 346 g/mol. The summed E-state index contributed by atoms with van der Waals surface area (Å²) >= 11 is 1.46. The van der Waals surface area contributed by atoms with Crippen LogP contribution in [0.25, 0.3) is 0 Å². The highest BCUT2D eigenvalue weighted by molar-refractivity contribution is 7.12. The lowest BCUT2D eigenvalue weighted by Gasteiger charge is -2.14. The highest BCUT2D eigenvalue weighted by Crippen LogP contribution is 2.22. The summed E-state index contributed by atoms with van der Waals surface area (Å²) in [5, 5.41) is 0. The molecular formula is C16H14N2O5S. The second-order valence-corrected chi connectivity index (χ2v) is 6.86. The van der Waals surface area contributed by atoms with Crippen molar-refractivity contribution in [2.24, 2.45) is 0 Å². The topological polar surface area (TPSA) is 87.9 Å². The van der Waals surface area contributed by atoms with E-state index in [0.29, 0.717) is 16.2 Å². The number of Topliss-reactive ketones (excluding diaryl/α,β-unsaturated/α-hetero) is 1. The van der Waals surface area contributed by atoms with E-state index in [1.807, 2.05) is 6.92 Å². The zero-order valence-corrected chi connectivity index (χ0v) is 13.9. The number of amides is 4. The molecule has 0 unspecified atom stereocenters. The molecule has 3 rings (SSSR count). The molecule has 124 valence electrons. The van der Waals surface area contributed by atoms with Gasteiger partial charge in [0.1, 0.15) is 5.76 Å². The minimum atomic E-state index is -0.996. The van der Waals surface area contributed by atoms with Gasteiger partial charge in [-0.3, -0.25) is 14.4 Å². The molecule has 0 radical (unpaired) electrons. The number of nitrogens with zero attached hydrogens (tertiary/aromatic N) is 2. The molecule has 2 aromatic heterocycles. The van der Waals surface area contributed by atoms with Crippen LogP contribution in [0.2, 0.25) is 0 Å². The number of aryl methyl sites for hydroxylation is 2. The predicted octanol–water partition coefficient (Wildman–Crippen LogP) is 2.13. The van der Waals surface area contributed by atoms with Gasteiger partial charge in [0.25, 0.3) is 0 Å². The van der Waals surface area contributed by atoms with Gasteiger partial charge in [-0.1, -0.05) is 0 Å². The van der Waals surface area contributed by atoms with E-state index in [0.717, 1.165) is 14.7 Å². The lowest BCUT2D eigenvalue weighted by atomic mass is 10.1.